The Morgan fingerprint density at radius 1 is 1.29 bits per heavy atom. The summed E-state index contributed by atoms with van der Waals surface area (Å²) in [5.41, 5.74) is 2.33. The van der Waals surface area contributed by atoms with E-state index < -0.39 is 0 Å². The van der Waals surface area contributed by atoms with Crippen LogP contribution in [0.1, 0.15) is 51.2 Å². The fourth-order valence-electron chi connectivity index (χ4n) is 3.00. The number of hydrogen-bond donors (Lipinski definition) is 1. The van der Waals surface area contributed by atoms with Gasteiger partial charge in [0.15, 0.2) is 6.61 Å². The summed E-state index contributed by atoms with van der Waals surface area (Å²) in [6.07, 6.45) is 3.22. The van der Waals surface area contributed by atoms with Crippen LogP contribution in [0.4, 0.5) is 0 Å². The van der Waals surface area contributed by atoms with E-state index in [4.69, 9.17) is 9.47 Å². The predicted octanol–water partition coefficient (Wildman–Crippen LogP) is 3.60. The third-order valence-corrected chi connectivity index (χ3v) is 4.52. The van der Waals surface area contributed by atoms with Crippen LogP contribution in [0.2, 0.25) is 0 Å². The molecule has 0 aromatic heterocycles. The molecule has 1 heterocycles. The highest BCUT2D eigenvalue weighted by Gasteiger charge is 2.20. The van der Waals surface area contributed by atoms with Crippen LogP contribution in [-0.4, -0.2) is 32.3 Å². The van der Waals surface area contributed by atoms with Crippen molar-refractivity contribution in [2.45, 2.75) is 52.4 Å². The molecule has 0 aliphatic carbocycles. The average molecular weight is 333 g/mol. The third kappa shape index (κ3) is 5.82. The highest BCUT2D eigenvalue weighted by molar-refractivity contribution is 5.77. The molecule has 0 unspecified atom stereocenters. The predicted molar refractivity (Wildman–Crippen MR) is 96.5 cm³/mol. The average Bonchev–Trinajstić information content (AvgIpc) is 2.54. The van der Waals surface area contributed by atoms with E-state index in [9.17, 15) is 4.79 Å². The van der Waals surface area contributed by atoms with Gasteiger partial charge in [-0.3, -0.25) is 4.79 Å². The van der Waals surface area contributed by atoms with E-state index in [-0.39, 0.29) is 17.9 Å². The number of rotatable bonds is 6. The van der Waals surface area contributed by atoms with E-state index in [1.165, 1.54) is 5.56 Å². The second kappa shape index (κ2) is 8.52. The molecule has 0 saturated carbocycles. The Kier molecular flexibility index (Phi) is 6.67. The second-order valence-corrected chi connectivity index (χ2v) is 7.73. The minimum absolute atomic E-state index is 0.0130. The van der Waals surface area contributed by atoms with E-state index in [0.29, 0.717) is 12.5 Å². The molecule has 1 aromatic rings. The maximum Gasteiger partial charge on any atom is 0.257 e. The molecule has 24 heavy (non-hydrogen) atoms. The van der Waals surface area contributed by atoms with E-state index in [2.05, 4.69) is 39.1 Å². The van der Waals surface area contributed by atoms with Crippen molar-refractivity contribution in [3.63, 3.8) is 0 Å². The number of carbonyl (C=O) groups is 1. The molecular formula is C20H31NO3. The zero-order valence-corrected chi connectivity index (χ0v) is 15.5. The lowest BCUT2D eigenvalue weighted by atomic mass is 9.85. The van der Waals surface area contributed by atoms with Crippen LogP contribution in [0.15, 0.2) is 18.2 Å². The minimum Gasteiger partial charge on any atom is -0.483 e. The number of ether oxygens (including phenoxy) is 2. The van der Waals surface area contributed by atoms with Gasteiger partial charge in [0.2, 0.25) is 0 Å². The molecule has 1 fully saturated rings. The Hall–Kier alpha value is -1.55. The van der Waals surface area contributed by atoms with Gasteiger partial charge in [-0.15, -0.1) is 0 Å². The molecule has 0 radical (unpaired) electrons. The Labute approximate surface area is 145 Å². The minimum atomic E-state index is -0.0532. The molecule has 0 spiro atoms. The number of aryl methyl sites for hydroxylation is 1. The summed E-state index contributed by atoms with van der Waals surface area (Å²) in [4.78, 5) is 12.0. The normalized spacial score (nSPS) is 16.0. The van der Waals surface area contributed by atoms with Crippen LogP contribution in [0.3, 0.4) is 0 Å². The first-order chi connectivity index (χ1) is 11.4. The number of carbonyl (C=O) groups excluding carboxylic acids is 1. The van der Waals surface area contributed by atoms with Gasteiger partial charge in [-0.25, -0.2) is 0 Å². The largest absolute Gasteiger partial charge is 0.483 e. The monoisotopic (exact) mass is 333 g/mol. The van der Waals surface area contributed by atoms with Gasteiger partial charge in [-0.05, 0) is 49.1 Å². The Morgan fingerprint density at radius 2 is 2.00 bits per heavy atom. The molecule has 134 valence electrons. The van der Waals surface area contributed by atoms with E-state index in [1.54, 1.807) is 0 Å². The number of nitrogens with one attached hydrogen (secondary N) is 1. The van der Waals surface area contributed by atoms with Gasteiger partial charge in [0.1, 0.15) is 5.75 Å². The van der Waals surface area contributed by atoms with Gasteiger partial charge in [-0.2, -0.15) is 0 Å². The van der Waals surface area contributed by atoms with Crippen LogP contribution in [0.25, 0.3) is 0 Å². The molecule has 1 aliphatic rings. The van der Waals surface area contributed by atoms with Crippen molar-refractivity contribution in [1.29, 1.82) is 0 Å². The molecule has 0 atom stereocenters. The summed E-state index contributed by atoms with van der Waals surface area (Å²) >= 11 is 0. The lowest BCUT2D eigenvalue weighted by Gasteiger charge is -2.23. The number of hydrogen-bond acceptors (Lipinski definition) is 3. The molecule has 1 N–H and O–H groups in total. The van der Waals surface area contributed by atoms with Gasteiger partial charge in [0.25, 0.3) is 5.91 Å². The second-order valence-electron chi connectivity index (χ2n) is 7.73. The van der Waals surface area contributed by atoms with Gasteiger partial charge in [0, 0.05) is 19.8 Å². The van der Waals surface area contributed by atoms with Crippen molar-refractivity contribution >= 4 is 5.91 Å². The van der Waals surface area contributed by atoms with Crippen molar-refractivity contribution < 1.29 is 14.3 Å². The number of amides is 1. The Morgan fingerprint density at radius 3 is 2.67 bits per heavy atom. The van der Waals surface area contributed by atoms with Gasteiger partial charge in [0.05, 0.1) is 0 Å². The van der Waals surface area contributed by atoms with Crippen LogP contribution >= 0.6 is 0 Å². The topological polar surface area (TPSA) is 47.6 Å². The zero-order valence-electron chi connectivity index (χ0n) is 15.5. The summed E-state index contributed by atoms with van der Waals surface area (Å²) in [5, 5.41) is 2.97. The van der Waals surface area contributed by atoms with E-state index >= 15 is 0 Å². The lowest BCUT2D eigenvalue weighted by molar-refractivity contribution is -0.123. The van der Waals surface area contributed by atoms with Crippen LogP contribution in [-0.2, 0) is 14.9 Å². The lowest BCUT2D eigenvalue weighted by Crippen LogP contribution is -2.31. The molecular weight excluding hydrogens is 302 g/mol. The summed E-state index contributed by atoms with van der Waals surface area (Å²) in [7, 11) is 0. The van der Waals surface area contributed by atoms with Gasteiger partial charge < -0.3 is 14.8 Å². The van der Waals surface area contributed by atoms with Crippen LogP contribution in [0, 0.1) is 12.8 Å². The fourth-order valence-corrected chi connectivity index (χ4v) is 3.00. The van der Waals surface area contributed by atoms with Crippen LogP contribution < -0.4 is 10.1 Å². The Balaban J connectivity index is 1.79. The maximum absolute atomic E-state index is 12.0. The van der Waals surface area contributed by atoms with Crippen molar-refractivity contribution in [3.05, 3.63) is 29.3 Å². The SMILES string of the molecule is Cc1ccc(OCC(=O)NCCC2CCOCC2)c(C(C)(C)C)c1. The molecule has 1 aliphatic heterocycles. The molecule has 4 nitrogen and oxygen atoms in total. The quantitative estimate of drug-likeness (QED) is 0.865. The first kappa shape index (κ1) is 18.8. The summed E-state index contributed by atoms with van der Waals surface area (Å²) < 4.78 is 11.1. The molecule has 0 bridgehead atoms. The number of benzene rings is 1. The summed E-state index contributed by atoms with van der Waals surface area (Å²) in [6, 6.07) is 6.12. The molecule has 1 saturated heterocycles. The van der Waals surface area contributed by atoms with E-state index in [0.717, 1.165) is 43.8 Å². The van der Waals surface area contributed by atoms with Crippen molar-refractivity contribution in [3.8, 4) is 5.75 Å². The summed E-state index contributed by atoms with van der Waals surface area (Å²) in [6.45, 7) is 11.0. The first-order valence-electron chi connectivity index (χ1n) is 8.94. The van der Waals surface area contributed by atoms with Crippen molar-refractivity contribution in [1.82, 2.24) is 5.32 Å². The molecule has 4 heteroatoms. The maximum atomic E-state index is 12.0. The molecule has 2 rings (SSSR count). The highest BCUT2D eigenvalue weighted by atomic mass is 16.5. The fraction of sp³-hybridized carbons (Fsp3) is 0.650. The summed E-state index contributed by atoms with van der Waals surface area (Å²) in [5.74, 6) is 1.42. The van der Waals surface area contributed by atoms with E-state index in [1.807, 2.05) is 12.1 Å². The molecule has 1 aromatic carbocycles. The third-order valence-electron chi connectivity index (χ3n) is 4.52. The molecule has 1 amide bonds. The zero-order chi connectivity index (χ0) is 17.6. The standard InChI is InChI=1S/C20H31NO3/c1-15-5-6-18(17(13-15)20(2,3)4)24-14-19(22)21-10-7-16-8-11-23-12-9-16/h5-6,13,16H,7-12,14H2,1-4H3,(H,21,22). The highest BCUT2D eigenvalue weighted by Crippen LogP contribution is 2.32. The smallest absolute Gasteiger partial charge is 0.257 e. The van der Waals surface area contributed by atoms with Crippen molar-refractivity contribution in [2.24, 2.45) is 5.92 Å². The van der Waals surface area contributed by atoms with Crippen LogP contribution in [0.5, 0.6) is 5.75 Å². The van der Waals surface area contributed by atoms with Gasteiger partial charge >= 0.3 is 0 Å². The van der Waals surface area contributed by atoms with Crippen molar-refractivity contribution in [2.75, 3.05) is 26.4 Å². The Bertz CT molecular complexity index is 542. The van der Waals surface area contributed by atoms with Gasteiger partial charge in [-0.1, -0.05) is 38.5 Å². The first-order valence-corrected chi connectivity index (χ1v) is 8.94.